The van der Waals surface area contributed by atoms with Crippen LogP contribution in [0.4, 0.5) is 5.69 Å². The van der Waals surface area contributed by atoms with Crippen molar-refractivity contribution in [3.05, 3.63) is 64.7 Å². The second-order valence-electron chi connectivity index (χ2n) is 5.69. The molecule has 28 heavy (non-hydrogen) atoms. The number of nitrogens with zero attached hydrogens (tertiary/aromatic N) is 5. The number of pyridine rings is 1. The van der Waals surface area contributed by atoms with E-state index in [9.17, 15) is 4.79 Å². The average Bonchev–Trinajstić information content (AvgIpc) is 3.06. The Balaban J connectivity index is 1.46. The van der Waals surface area contributed by atoms with Crippen LogP contribution in [0.2, 0.25) is 0 Å². The minimum absolute atomic E-state index is 0.191. The highest BCUT2D eigenvalue weighted by atomic mass is 79.9. The predicted octanol–water partition coefficient (Wildman–Crippen LogP) is 2.83. The summed E-state index contributed by atoms with van der Waals surface area (Å²) >= 11 is 4.71. The van der Waals surface area contributed by atoms with Gasteiger partial charge in [-0.1, -0.05) is 33.8 Å². The van der Waals surface area contributed by atoms with Crippen molar-refractivity contribution >= 4 is 45.5 Å². The van der Waals surface area contributed by atoms with Crippen molar-refractivity contribution in [1.82, 2.24) is 25.2 Å². The van der Waals surface area contributed by atoms with E-state index in [0.717, 1.165) is 21.5 Å². The number of anilines is 1. The van der Waals surface area contributed by atoms with Gasteiger partial charge in [0.05, 0.1) is 18.5 Å². The standard InChI is InChI=1S/C18H18BrN7OS/c1-26-16(11-21-15-6-4-14(19)5-7-15)23-25-18(26)28-12-17(27)24-22-10-13-3-2-8-20-9-13/h2-10,21H,11-12H2,1H3,(H,24,27). The molecule has 0 atom stereocenters. The van der Waals surface area contributed by atoms with E-state index in [-0.39, 0.29) is 11.7 Å². The first-order chi connectivity index (χ1) is 13.6. The highest BCUT2D eigenvalue weighted by Crippen LogP contribution is 2.17. The fraction of sp³-hybridized carbons (Fsp3) is 0.167. The van der Waals surface area contributed by atoms with E-state index in [1.54, 1.807) is 24.7 Å². The Morgan fingerprint density at radius 3 is 2.86 bits per heavy atom. The lowest BCUT2D eigenvalue weighted by Gasteiger charge is -2.07. The van der Waals surface area contributed by atoms with Crippen LogP contribution in [0.3, 0.4) is 0 Å². The number of hydrogen-bond acceptors (Lipinski definition) is 7. The third-order valence-corrected chi connectivity index (χ3v) is 5.19. The normalized spacial score (nSPS) is 10.9. The molecule has 0 saturated heterocycles. The SMILES string of the molecule is Cn1c(CNc2ccc(Br)cc2)nnc1SCC(=O)NN=Cc1cccnc1. The van der Waals surface area contributed by atoms with Crippen molar-refractivity contribution in [2.45, 2.75) is 11.7 Å². The summed E-state index contributed by atoms with van der Waals surface area (Å²) in [6, 6.07) is 11.5. The number of thioether (sulfide) groups is 1. The molecule has 0 aliphatic carbocycles. The molecule has 3 aromatic rings. The minimum Gasteiger partial charge on any atom is -0.378 e. The molecule has 0 aliphatic rings. The van der Waals surface area contributed by atoms with Crippen LogP contribution in [0.1, 0.15) is 11.4 Å². The van der Waals surface area contributed by atoms with Gasteiger partial charge in [0.1, 0.15) is 0 Å². The van der Waals surface area contributed by atoms with Crippen LogP contribution in [0.15, 0.2) is 63.5 Å². The molecule has 3 rings (SSSR count). The fourth-order valence-corrected chi connectivity index (χ4v) is 3.15. The molecule has 0 bridgehead atoms. The van der Waals surface area contributed by atoms with E-state index in [1.165, 1.54) is 11.8 Å². The Morgan fingerprint density at radius 2 is 2.11 bits per heavy atom. The largest absolute Gasteiger partial charge is 0.378 e. The molecule has 2 aromatic heterocycles. The maximum absolute atomic E-state index is 11.9. The first kappa shape index (κ1) is 20.0. The van der Waals surface area contributed by atoms with Crippen molar-refractivity contribution < 1.29 is 4.79 Å². The van der Waals surface area contributed by atoms with Crippen LogP contribution >= 0.6 is 27.7 Å². The van der Waals surface area contributed by atoms with Crippen molar-refractivity contribution in [3.8, 4) is 0 Å². The van der Waals surface area contributed by atoms with Gasteiger partial charge in [0.15, 0.2) is 11.0 Å². The Kier molecular flexibility index (Phi) is 7.15. The highest BCUT2D eigenvalue weighted by molar-refractivity contribution is 9.10. The fourth-order valence-electron chi connectivity index (χ4n) is 2.17. The van der Waals surface area contributed by atoms with Crippen LogP contribution in [-0.2, 0) is 18.4 Å². The van der Waals surface area contributed by atoms with Gasteiger partial charge in [-0.15, -0.1) is 10.2 Å². The number of benzene rings is 1. The summed E-state index contributed by atoms with van der Waals surface area (Å²) in [5.74, 6) is 0.749. The van der Waals surface area contributed by atoms with Gasteiger partial charge in [-0.2, -0.15) is 5.10 Å². The van der Waals surface area contributed by atoms with Gasteiger partial charge in [-0.05, 0) is 30.3 Å². The molecule has 0 fully saturated rings. The Hall–Kier alpha value is -2.72. The zero-order valence-electron chi connectivity index (χ0n) is 15.0. The summed E-state index contributed by atoms with van der Waals surface area (Å²) in [6.07, 6.45) is 4.88. The first-order valence-corrected chi connectivity index (χ1v) is 10.1. The monoisotopic (exact) mass is 459 g/mol. The number of hydrazone groups is 1. The first-order valence-electron chi connectivity index (χ1n) is 8.34. The third kappa shape index (κ3) is 5.89. The molecule has 144 valence electrons. The number of amides is 1. The Morgan fingerprint density at radius 1 is 1.29 bits per heavy atom. The molecule has 0 saturated carbocycles. The lowest BCUT2D eigenvalue weighted by atomic mass is 10.3. The van der Waals surface area contributed by atoms with Crippen LogP contribution in [0.25, 0.3) is 0 Å². The molecule has 0 aliphatic heterocycles. The smallest absolute Gasteiger partial charge is 0.250 e. The van der Waals surface area contributed by atoms with Crippen molar-refractivity contribution in [3.63, 3.8) is 0 Å². The lowest BCUT2D eigenvalue weighted by molar-refractivity contribution is -0.118. The molecule has 0 unspecified atom stereocenters. The molecule has 2 heterocycles. The van der Waals surface area contributed by atoms with Gasteiger partial charge >= 0.3 is 0 Å². The molecule has 10 heteroatoms. The quantitative estimate of drug-likeness (QED) is 0.305. The summed E-state index contributed by atoms with van der Waals surface area (Å²) in [4.78, 5) is 15.9. The lowest BCUT2D eigenvalue weighted by Crippen LogP contribution is -2.20. The van der Waals surface area contributed by atoms with Gasteiger partial charge < -0.3 is 9.88 Å². The zero-order chi connectivity index (χ0) is 19.8. The maximum Gasteiger partial charge on any atom is 0.250 e. The molecule has 1 amide bonds. The second-order valence-corrected chi connectivity index (χ2v) is 7.54. The van der Waals surface area contributed by atoms with Crippen molar-refractivity contribution in [2.75, 3.05) is 11.1 Å². The summed E-state index contributed by atoms with van der Waals surface area (Å²) in [6.45, 7) is 0.535. The van der Waals surface area contributed by atoms with Crippen LogP contribution < -0.4 is 10.7 Å². The summed E-state index contributed by atoms with van der Waals surface area (Å²) in [7, 11) is 1.87. The molecule has 1 aromatic carbocycles. The second kappa shape index (κ2) is 10.00. The van der Waals surface area contributed by atoms with Gasteiger partial charge in [0, 0.05) is 35.2 Å². The van der Waals surface area contributed by atoms with E-state index in [4.69, 9.17) is 0 Å². The summed E-state index contributed by atoms with van der Waals surface area (Å²) in [5, 5.41) is 16.2. The molecular weight excluding hydrogens is 442 g/mol. The highest BCUT2D eigenvalue weighted by Gasteiger charge is 2.11. The summed E-state index contributed by atoms with van der Waals surface area (Å²) in [5.41, 5.74) is 4.29. The number of carbonyl (C=O) groups is 1. The van der Waals surface area contributed by atoms with Gasteiger partial charge in [-0.3, -0.25) is 9.78 Å². The number of rotatable bonds is 8. The molecule has 8 nitrogen and oxygen atoms in total. The van der Waals surface area contributed by atoms with E-state index >= 15 is 0 Å². The molecule has 0 radical (unpaired) electrons. The Labute approximate surface area is 175 Å². The number of halogens is 1. The topological polar surface area (TPSA) is 97.1 Å². The van der Waals surface area contributed by atoms with Gasteiger partial charge in [0.25, 0.3) is 5.91 Å². The maximum atomic E-state index is 11.9. The van der Waals surface area contributed by atoms with Gasteiger partial charge in [0.2, 0.25) is 0 Å². The van der Waals surface area contributed by atoms with Crippen molar-refractivity contribution in [2.24, 2.45) is 12.1 Å². The number of carbonyl (C=O) groups excluding carboxylic acids is 1. The Bertz CT molecular complexity index is 944. The molecule has 0 spiro atoms. The molecule has 2 N–H and O–H groups in total. The average molecular weight is 460 g/mol. The zero-order valence-corrected chi connectivity index (χ0v) is 17.4. The third-order valence-electron chi connectivity index (χ3n) is 3.64. The number of hydrogen-bond donors (Lipinski definition) is 2. The minimum atomic E-state index is -0.220. The number of nitrogens with one attached hydrogen (secondary N) is 2. The van der Waals surface area contributed by atoms with Crippen LogP contribution in [0, 0.1) is 0 Å². The van der Waals surface area contributed by atoms with Crippen LogP contribution in [-0.4, -0.2) is 37.6 Å². The predicted molar refractivity (Wildman–Crippen MR) is 113 cm³/mol. The molecular formula is C18H18BrN7OS. The van der Waals surface area contributed by atoms with E-state index < -0.39 is 0 Å². The van der Waals surface area contributed by atoms with E-state index in [2.05, 4.69) is 47.0 Å². The van der Waals surface area contributed by atoms with Crippen LogP contribution in [0.5, 0.6) is 0 Å². The van der Waals surface area contributed by atoms with Gasteiger partial charge in [-0.25, -0.2) is 5.43 Å². The van der Waals surface area contributed by atoms with Crippen molar-refractivity contribution in [1.29, 1.82) is 0 Å². The number of aromatic nitrogens is 4. The summed E-state index contributed by atoms with van der Waals surface area (Å²) < 4.78 is 2.89. The van der Waals surface area contributed by atoms with E-state index in [1.807, 2.05) is 41.9 Å². The van der Waals surface area contributed by atoms with E-state index in [0.29, 0.717) is 11.7 Å².